The lowest BCUT2D eigenvalue weighted by Gasteiger charge is -2.12. The van der Waals surface area contributed by atoms with Crippen molar-refractivity contribution in [3.05, 3.63) is 44.9 Å². The van der Waals surface area contributed by atoms with E-state index in [-0.39, 0.29) is 22.2 Å². The molecule has 2 aromatic rings. The van der Waals surface area contributed by atoms with Crippen molar-refractivity contribution in [3.63, 3.8) is 0 Å². The van der Waals surface area contributed by atoms with Gasteiger partial charge < -0.3 is 15.0 Å². The van der Waals surface area contributed by atoms with E-state index < -0.39 is 22.4 Å². The Hall–Kier alpha value is -2.90. The van der Waals surface area contributed by atoms with Gasteiger partial charge in [0.05, 0.1) is 22.8 Å². The van der Waals surface area contributed by atoms with Gasteiger partial charge in [0.15, 0.2) is 5.75 Å². The summed E-state index contributed by atoms with van der Waals surface area (Å²) in [7, 11) is 1.31. The van der Waals surface area contributed by atoms with Crippen LogP contribution in [-0.2, 0) is 4.79 Å². The number of hydrogen-bond acceptors (Lipinski definition) is 5. The molecule has 1 amide bonds. The topological polar surface area (TPSA) is 117 Å². The number of carbonyl (C=O) groups is 1. The number of pyridine rings is 1. The molecular weight excluding hydrogens is 278 g/mol. The standard InChI is InChI=1S/C13H13N3O5/c1-7(12(14)17)15-6-5-8-9(13(15)18)3-4-10(21-2)11(8)16(19)20/h3-7H,1-2H3,(H2,14,17)/t7-/m1/s1. The second-order valence-electron chi connectivity index (χ2n) is 4.44. The summed E-state index contributed by atoms with van der Waals surface area (Å²) in [6, 6.07) is 3.33. The second-order valence-corrected chi connectivity index (χ2v) is 4.44. The maximum absolute atomic E-state index is 12.3. The molecule has 21 heavy (non-hydrogen) atoms. The number of fused-ring (bicyclic) bond motifs is 1. The third-order valence-corrected chi connectivity index (χ3v) is 3.28. The summed E-state index contributed by atoms with van der Waals surface area (Å²) < 4.78 is 6.09. The third-order valence-electron chi connectivity index (χ3n) is 3.28. The maximum atomic E-state index is 12.3. The Morgan fingerprint density at radius 1 is 1.38 bits per heavy atom. The largest absolute Gasteiger partial charge is 0.490 e. The van der Waals surface area contributed by atoms with E-state index in [0.29, 0.717) is 0 Å². The SMILES string of the molecule is COc1ccc2c(=O)n([C@H](C)C(N)=O)ccc2c1[N+](=O)[O-]. The lowest BCUT2D eigenvalue weighted by Crippen LogP contribution is -2.31. The summed E-state index contributed by atoms with van der Waals surface area (Å²) in [5, 5.41) is 11.4. The molecule has 0 spiro atoms. The monoisotopic (exact) mass is 291 g/mol. The van der Waals surface area contributed by atoms with E-state index in [1.807, 2.05) is 0 Å². The van der Waals surface area contributed by atoms with Gasteiger partial charge in [0, 0.05) is 6.20 Å². The molecule has 0 radical (unpaired) electrons. The molecule has 0 saturated carbocycles. The maximum Gasteiger partial charge on any atom is 0.318 e. The van der Waals surface area contributed by atoms with E-state index in [1.54, 1.807) is 0 Å². The van der Waals surface area contributed by atoms with Crippen LogP contribution in [0.1, 0.15) is 13.0 Å². The summed E-state index contributed by atoms with van der Waals surface area (Å²) in [6.45, 7) is 1.48. The second kappa shape index (κ2) is 5.23. The van der Waals surface area contributed by atoms with Crippen LogP contribution in [-0.4, -0.2) is 22.5 Å². The fraction of sp³-hybridized carbons (Fsp3) is 0.231. The number of nitrogens with zero attached hydrogens (tertiary/aromatic N) is 2. The first-order chi connectivity index (χ1) is 9.88. The molecule has 0 bridgehead atoms. The van der Waals surface area contributed by atoms with Crippen molar-refractivity contribution in [2.45, 2.75) is 13.0 Å². The van der Waals surface area contributed by atoms with Crippen LogP contribution in [0.5, 0.6) is 5.75 Å². The van der Waals surface area contributed by atoms with E-state index in [9.17, 15) is 19.7 Å². The molecule has 1 heterocycles. The average Bonchev–Trinajstić information content (AvgIpc) is 2.45. The van der Waals surface area contributed by atoms with Gasteiger partial charge in [-0.3, -0.25) is 19.7 Å². The van der Waals surface area contributed by atoms with Gasteiger partial charge in [0.25, 0.3) is 5.56 Å². The van der Waals surface area contributed by atoms with Crippen molar-refractivity contribution in [3.8, 4) is 5.75 Å². The minimum Gasteiger partial charge on any atom is -0.490 e. The zero-order valence-electron chi connectivity index (χ0n) is 11.4. The number of methoxy groups -OCH3 is 1. The van der Waals surface area contributed by atoms with Gasteiger partial charge in [0.1, 0.15) is 6.04 Å². The van der Waals surface area contributed by atoms with E-state index in [0.717, 1.165) is 4.57 Å². The average molecular weight is 291 g/mol. The minimum absolute atomic E-state index is 0.0626. The molecule has 0 unspecified atom stereocenters. The Balaban J connectivity index is 2.83. The number of hydrogen-bond donors (Lipinski definition) is 1. The summed E-state index contributed by atoms with van der Waals surface area (Å²) in [6.07, 6.45) is 1.31. The van der Waals surface area contributed by atoms with Gasteiger partial charge in [-0.15, -0.1) is 0 Å². The van der Waals surface area contributed by atoms with Gasteiger partial charge in [0.2, 0.25) is 5.91 Å². The fourth-order valence-electron chi connectivity index (χ4n) is 2.10. The Morgan fingerprint density at radius 2 is 2.05 bits per heavy atom. The Kier molecular flexibility index (Phi) is 3.62. The van der Waals surface area contributed by atoms with Crippen molar-refractivity contribution in [2.24, 2.45) is 5.73 Å². The molecule has 110 valence electrons. The van der Waals surface area contributed by atoms with Crippen molar-refractivity contribution in [1.29, 1.82) is 0 Å². The van der Waals surface area contributed by atoms with Crippen LogP contribution in [0.2, 0.25) is 0 Å². The molecule has 0 aliphatic carbocycles. The molecule has 1 atom stereocenters. The first-order valence-electron chi connectivity index (χ1n) is 6.04. The highest BCUT2D eigenvalue weighted by Gasteiger charge is 2.22. The van der Waals surface area contributed by atoms with Crippen molar-refractivity contribution >= 4 is 22.4 Å². The molecule has 1 aromatic heterocycles. The zero-order chi connectivity index (χ0) is 15.7. The molecule has 1 aromatic carbocycles. The molecule has 0 aliphatic heterocycles. The number of nitrogens with two attached hydrogens (primary N) is 1. The van der Waals surface area contributed by atoms with Crippen LogP contribution in [0, 0.1) is 10.1 Å². The third kappa shape index (κ3) is 2.31. The first kappa shape index (κ1) is 14.5. The number of primary amides is 1. The number of ether oxygens (including phenoxy) is 1. The Bertz CT molecular complexity index is 796. The Morgan fingerprint density at radius 3 is 2.57 bits per heavy atom. The van der Waals surface area contributed by atoms with E-state index >= 15 is 0 Å². The summed E-state index contributed by atoms with van der Waals surface area (Å²) >= 11 is 0. The molecule has 0 fully saturated rings. The fourth-order valence-corrected chi connectivity index (χ4v) is 2.10. The van der Waals surface area contributed by atoms with Crippen LogP contribution in [0.4, 0.5) is 5.69 Å². The zero-order valence-corrected chi connectivity index (χ0v) is 11.4. The number of amides is 1. The number of carbonyl (C=O) groups excluding carboxylic acids is 1. The van der Waals surface area contributed by atoms with E-state index in [1.165, 1.54) is 38.4 Å². The summed E-state index contributed by atoms with van der Waals surface area (Å²) in [4.78, 5) is 34.1. The summed E-state index contributed by atoms with van der Waals surface area (Å²) in [5.41, 5.74) is 4.37. The lowest BCUT2D eigenvalue weighted by atomic mass is 10.1. The quantitative estimate of drug-likeness (QED) is 0.665. The molecule has 8 heteroatoms. The highest BCUT2D eigenvalue weighted by molar-refractivity contribution is 5.93. The molecular formula is C13H13N3O5. The van der Waals surface area contributed by atoms with Gasteiger partial charge >= 0.3 is 5.69 Å². The lowest BCUT2D eigenvalue weighted by molar-refractivity contribution is -0.383. The first-order valence-corrected chi connectivity index (χ1v) is 6.04. The number of rotatable bonds is 4. The molecule has 2 N–H and O–H groups in total. The highest BCUT2D eigenvalue weighted by Crippen LogP contribution is 2.33. The van der Waals surface area contributed by atoms with Crippen LogP contribution in [0.25, 0.3) is 10.8 Å². The predicted octanol–water partition coefficient (Wildman–Crippen LogP) is 0.965. The summed E-state index contributed by atoms with van der Waals surface area (Å²) in [5.74, 6) is -0.605. The normalized spacial score (nSPS) is 12.1. The Labute approximate surface area is 118 Å². The van der Waals surface area contributed by atoms with Gasteiger partial charge in [-0.05, 0) is 25.1 Å². The molecule has 0 saturated heterocycles. The smallest absolute Gasteiger partial charge is 0.318 e. The highest BCUT2D eigenvalue weighted by atomic mass is 16.6. The molecule has 2 rings (SSSR count). The van der Waals surface area contributed by atoms with E-state index in [2.05, 4.69) is 0 Å². The predicted molar refractivity (Wildman–Crippen MR) is 75.3 cm³/mol. The number of nitro groups is 1. The van der Waals surface area contributed by atoms with Crippen molar-refractivity contribution in [2.75, 3.05) is 7.11 Å². The number of benzene rings is 1. The van der Waals surface area contributed by atoms with Crippen molar-refractivity contribution < 1.29 is 14.5 Å². The number of aromatic nitrogens is 1. The minimum atomic E-state index is -0.844. The van der Waals surface area contributed by atoms with Crippen LogP contribution in [0.3, 0.4) is 0 Å². The number of nitro benzene ring substituents is 1. The van der Waals surface area contributed by atoms with Gasteiger partial charge in [-0.2, -0.15) is 0 Å². The van der Waals surface area contributed by atoms with E-state index in [4.69, 9.17) is 10.5 Å². The van der Waals surface area contributed by atoms with Gasteiger partial charge in [-0.1, -0.05) is 0 Å². The van der Waals surface area contributed by atoms with Crippen LogP contribution in [0.15, 0.2) is 29.2 Å². The van der Waals surface area contributed by atoms with Crippen molar-refractivity contribution in [1.82, 2.24) is 4.57 Å². The molecule has 8 nitrogen and oxygen atoms in total. The van der Waals surface area contributed by atoms with Gasteiger partial charge in [-0.25, -0.2) is 0 Å². The van der Waals surface area contributed by atoms with Crippen LogP contribution >= 0.6 is 0 Å². The van der Waals surface area contributed by atoms with Crippen LogP contribution < -0.4 is 16.0 Å². The molecule has 0 aliphatic rings.